The molecule has 3 aromatic rings. The van der Waals surface area contributed by atoms with E-state index in [0.29, 0.717) is 30.1 Å². The molecule has 0 aliphatic carbocycles. The summed E-state index contributed by atoms with van der Waals surface area (Å²) in [6.07, 6.45) is 5.35. The van der Waals surface area contributed by atoms with Gasteiger partial charge in [-0.2, -0.15) is 0 Å². The normalized spacial score (nSPS) is 18.5. The first-order chi connectivity index (χ1) is 15.8. The van der Waals surface area contributed by atoms with E-state index in [9.17, 15) is 17.6 Å². The molecule has 33 heavy (non-hydrogen) atoms. The zero-order valence-electron chi connectivity index (χ0n) is 18.5. The number of nitrogens with zero attached hydrogens (tertiary/aromatic N) is 3. The number of amides is 1. The fourth-order valence-corrected chi connectivity index (χ4v) is 6.77. The van der Waals surface area contributed by atoms with Crippen molar-refractivity contribution in [1.82, 2.24) is 19.2 Å². The van der Waals surface area contributed by atoms with Gasteiger partial charge in [-0.05, 0) is 60.6 Å². The van der Waals surface area contributed by atoms with Crippen LogP contribution in [-0.4, -0.2) is 64.9 Å². The average molecular weight is 471 g/mol. The Balaban J connectivity index is 1.17. The van der Waals surface area contributed by atoms with Crippen molar-refractivity contribution < 1.29 is 17.6 Å². The van der Waals surface area contributed by atoms with Crippen molar-refractivity contribution in [3.8, 4) is 0 Å². The molecule has 2 aliphatic rings. The highest BCUT2D eigenvalue weighted by Gasteiger charge is 2.43. The van der Waals surface area contributed by atoms with Crippen LogP contribution in [0.3, 0.4) is 0 Å². The van der Waals surface area contributed by atoms with Crippen LogP contribution in [0.2, 0.25) is 0 Å². The van der Waals surface area contributed by atoms with Gasteiger partial charge in [0.2, 0.25) is 15.9 Å². The Kier molecular flexibility index (Phi) is 5.70. The third kappa shape index (κ3) is 4.04. The van der Waals surface area contributed by atoms with Gasteiger partial charge in [-0.3, -0.25) is 4.79 Å². The number of carbonyl (C=O) groups excluding carboxylic acids is 1. The fourth-order valence-electron chi connectivity index (χ4n) is 4.90. The van der Waals surface area contributed by atoms with Gasteiger partial charge < -0.3 is 9.88 Å². The molecule has 0 bridgehead atoms. The van der Waals surface area contributed by atoms with E-state index in [4.69, 9.17) is 0 Å². The minimum absolute atomic E-state index is 0.0846. The largest absolute Gasteiger partial charge is 0.346 e. The monoisotopic (exact) mass is 470 g/mol. The number of likely N-dealkylation sites (tertiary alicyclic amines) is 1. The van der Waals surface area contributed by atoms with E-state index < -0.39 is 15.3 Å². The molecule has 0 atom stereocenters. The van der Waals surface area contributed by atoms with Gasteiger partial charge in [-0.1, -0.05) is 12.1 Å². The van der Waals surface area contributed by atoms with Gasteiger partial charge in [0.25, 0.3) is 0 Å². The van der Waals surface area contributed by atoms with Gasteiger partial charge >= 0.3 is 0 Å². The Morgan fingerprint density at radius 3 is 2.70 bits per heavy atom. The highest BCUT2D eigenvalue weighted by Crippen LogP contribution is 2.34. The van der Waals surface area contributed by atoms with Crippen molar-refractivity contribution in [3.05, 3.63) is 65.2 Å². The number of H-pyrrole nitrogens is 1. The number of nitrogens with one attached hydrogen (secondary N) is 1. The lowest BCUT2D eigenvalue weighted by Crippen LogP contribution is -2.60. The molecule has 0 radical (unpaired) electrons. The second-order valence-electron chi connectivity index (χ2n) is 8.98. The van der Waals surface area contributed by atoms with Crippen LogP contribution in [0.5, 0.6) is 0 Å². The van der Waals surface area contributed by atoms with Gasteiger partial charge in [-0.15, -0.1) is 0 Å². The van der Waals surface area contributed by atoms with E-state index in [2.05, 4.69) is 9.97 Å². The molecular formula is C24H27FN4O3S. The minimum atomic E-state index is -3.45. The summed E-state index contributed by atoms with van der Waals surface area (Å²) in [6.45, 7) is 3.00. The van der Waals surface area contributed by atoms with E-state index >= 15 is 0 Å². The number of aromatic nitrogens is 2. The molecular weight excluding hydrogens is 443 g/mol. The summed E-state index contributed by atoms with van der Waals surface area (Å²) in [5.74, 6) is -0.207. The predicted octanol–water partition coefficient (Wildman–Crippen LogP) is 2.97. The Morgan fingerprint density at radius 2 is 1.94 bits per heavy atom. The van der Waals surface area contributed by atoms with Crippen molar-refractivity contribution in [2.45, 2.75) is 37.4 Å². The minimum Gasteiger partial charge on any atom is -0.346 e. The Hall–Kier alpha value is -2.78. The first kappa shape index (κ1) is 22.0. The number of rotatable bonds is 5. The maximum absolute atomic E-state index is 13.7. The smallest absolute Gasteiger partial charge is 0.227 e. The standard InChI is InChI=1S/C24H27FN4O3S/c1-16-18(4-2-6-22(16)25)12-23(30)28-14-19(15-28)33(31,32)29-10-7-17(8-11-29)21-13-27-24-20(21)5-3-9-26-24/h2-6,9,13,17,19H,7-8,10-12,14-15H2,1H3,(H,26,27). The molecule has 0 saturated carbocycles. The molecule has 7 nitrogen and oxygen atoms in total. The van der Waals surface area contributed by atoms with Gasteiger partial charge in [0.05, 0.1) is 6.42 Å². The summed E-state index contributed by atoms with van der Waals surface area (Å²) in [4.78, 5) is 21.7. The van der Waals surface area contributed by atoms with E-state index in [1.165, 1.54) is 11.6 Å². The number of aromatic amines is 1. The van der Waals surface area contributed by atoms with E-state index in [1.807, 2.05) is 18.3 Å². The van der Waals surface area contributed by atoms with Crippen LogP contribution in [0.1, 0.15) is 35.4 Å². The van der Waals surface area contributed by atoms with E-state index in [-0.39, 0.29) is 31.2 Å². The molecule has 0 spiro atoms. The zero-order chi connectivity index (χ0) is 23.2. The van der Waals surface area contributed by atoms with Crippen molar-refractivity contribution in [1.29, 1.82) is 0 Å². The number of benzene rings is 1. The third-order valence-electron chi connectivity index (χ3n) is 7.08. The maximum atomic E-state index is 13.7. The highest BCUT2D eigenvalue weighted by molar-refractivity contribution is 7.89. The number of hydrogen-bond acceptors (Lipinski definition) is 4. The van der Waals surface area contributed by atoms with Crippen LogP contribution in [0.15, 0.2) is 42.7 Å². The lowest BCUT2D eigenvalue weighted by molar-refractivity contribution is -0.133. The second kappa shape index (κ2) is 8.53. The van der Waals surface area contributed by atoms with Gasteiger partial charge in [0.15, 0.2) is 0 Å². The van der Waals surface area contributed by atoms with Crippen molar-refractivity contribution in [2.75, 3.05) is 26.2 Å². The molecule has 9 heteroatoms. The molecule has 4 heterocycles. The lowest BCUT2D eigenvalue weighted by Gasteiger charge is -2.42. The number of hydrogen-bond donors (Lipinski definition) is 1. The summed E-state index contributed by atoms with van der Waals surface area (Å²) in [7, 11) is -3.45. The molecule has 1 amide bonds. The van der Waals surface area contributed by atoms with Crippen molar-refractivity contribution in [3.63, 3.8) is 0 Å². The number of sulfonamides is 1. The van der Waals surface area contributed by atoms with Crippen LogP contribution in [-0.2, 0) is 21.2 Å². The fraction of sp³-hybridized carbons (Fsp3) is 0.417. The Bertz CT molecular complexity index is 1290. The summed E-state index contributed by atoms with van der Waals surface area (Å²) in [5, 5.41) is 0.532. The first-order valence-corrected chi connectivity index (χ1v) is 12.8. The van der Waals surface area contributed by atoms with E-state index in [1.54, 1.807) is 34.5 Å². The number of carbonyl (C=O) groups is 1. The van der Waals surface area contributed by atoms with E-state index in [0.717, 1.165) is 23.9 Å². The molecule has 2 aliphatic heterocycles. The summed E-state index contributed by atoms with van der Waals surface area (Å²) >= 11 is 0. The van der Waals surface area contributed by atoms with Crippen molar-refractivity contribution in [2.24, 2.45) is 0 Å². The first-order valence-electron chi connectivity index (χ1n) is 11.3. The maximum Gasteiger partial charge on any atom is 0.227 e. The predicted molar refractivity (Wildman–Crippen MR) is 124 cm³/mol. The molecule has 2 saturated heterocycles. The average Bonchev–Trinajstić information content (AvgIpc) is 3.20. The Morgan fingerprint density at radius 1 is 1.18 bits per heavy atom. The molecule has 174 valence electrons. The van der Waals surface area contributed by atoms with Gasteiger partial charge in [-0.25, -0.2) is 22.1 Å². The van der Waals surface area contributed by atoms with Gasteiger partial charge in [0, 0.05) is 44.0 Å². The number of halogens is 1. The summed E-state index contributed by atoms with van der Waals surface area (Å²) in [6, 6.07) is 8.65. The molecule has 5 rings (SSSR count). The van der Waals surface area contributed by atoms with Crippen LogP contribution < -0.4 is 0 Å². The van der Waals surface area contributed by atoms with Crippen LogP contribution in [0.25, 0.3) is 11.0 Å². The van der Waals surface area contributed by atoms with Crippen molar-refractivity contribution >= 4 is 27.0 Å². The summed E-state index contributed by atoms with van der Waals surface area (Å²) < 4.78 is 41.6. The quantitative estimate of drug-likeness (QED) is 0.621. The molecule has 1 N–H and O–H groups in total. The second-order valence-corrected chi connectivity index (χ2v) is 11.2. The number of piperidine rings is 1. The molecule has 0 unspecified atom stereocenters. The third-order valence-corrected chi connectivity index (χ3v) is 9.31. The number of fused-ring (bicyclic) bond motifs is 1. The SMILES string of the molecule is Cc1c(F)cccc1CC(=O)N1CC(S(=O)(=O)N2CCC(c3c[nH]c4ncccc34)CC2)C1. The highest BCUT2D eigenvalue weighted by atomic mass is 32.2. The van der Waals surface area contributed by atoms with Crippen LogP contribution >= 0.6 is 0 Å². The Labute approximate surface area is 192 Å². The molecule has 2 fully saturated rings. The zero-order valence-corrected chi connectivity index (χ0v) is 19.3. The lowest BCUT2D eigenvalue weighted by atomic mass is 9.90. The van der Waals surface area contributed by atoms with Gasteiger partial charge in [0.1, 0.15) is 16.7 Å². The summed E-state index contributed by atoms with van der Waals surface area (Å²) in [5.41, 5.74) is 3.16. The molecule has 1 aromatic carbocycles. The number of pyridine rings is 1. The molecule has 2 aromatic heterocycles. The van der Waals surface area contributed by atoms with Crippen LogP contribution in [0.4, 0.5) is 4.39 Å². The topological polar surface area (TPSA) is 86.4 Å². The van der Waals surface area contributed by atoms with Crippen LogP contribution in [0, 0.1) is 12.7 Å².